The molecule has 0 aromatic heterocycles. The molecule has 3 heteroatoms. The second-order valence-corrected chi connectivity index (χ2v) is 7.45. The Labute approximate surface area is 143 Å². The van der Waals surface area contributed by atoms with Crippen molar-refractivity contribution in [1.82, 2.24) is 5.32 Å². The van der Waals surface area contributed by atoms with Gasteiger partial charge in [-0.1, -0.05) is 48.9 Å². The number of rotatable bonds is 5. The Kier molecular flexibility index (Phi) is 5.19. The summed E-state index contributed by atoms with van der Waals surface area (Å²) >= 11 is 0. The molecular weight excluding hydrogens is 304 g/mol. The molecule has 24 heavy (non-hydrogen) atoms. The van der Waals surface area contributed by atoms with Crippen LogP contribution in [0.15, 0.2) is 35.9 Å². The van der Waals surface area contributed by atoms with Crippen molar-refractivity contribution >= 4 is 6.08 Å². The highest BCUT2D eigenvalue weighted by atomic mass is 19.3. The molecule has 1 aliphatic heterocycles. The van der Waals surface area contributed by atoms with Crippen LogP contribution in [0.1, 0.15) is 49.3 Å². The van der Waals surface area contributed by atoms with Crippen LogP contribution in [0.25, 0.3) is 6.08 Å². The molecule has 0 bridgehead atoms. The Balaban J connectivity index is 1.99. The first-order chi connectivity index (χ1) is 11.5. The lowest BCUT2D eigenvalue weighted by atomic mass is 9.84. The van der Waals surface area contributed by atoms with E-state index in [1.54, 1.807) is 0 Å². The fraction of sp³-hybridized carbons (Fsp3) is 0.524. The molecule has 1 saturated carbocycles. The molecule has 0 radical (unpaired) electrons. The molecule has 1 heterocycles. The second kappa shape index (κ2) is 7.18. The Hall–Kier alpha value is -1.48. The summed E-state index contributed by atoms with van der Waals surface area (Å²) in [5.41, 5.74) is 5.67. The van der Waals surface area contributed by atoms with Crippen molar-refractivity contribution in [2.24, 2.45) is 11.8 Å². The predicted octanol–water partition coefficient (Wildman–Crippen LogP) is 5.19. The van der Waals surface area contributed by atoms with Crippen molar-refractivity contribution in [2.45, 2.75) is 45.5 Å². The quantitative estimate of drug-likeness (QED) is 0.733. The molecule has 1 saturated heterocycles. The number of benzene rings is 1. The Bertz CT molecular complexity index is 643. The van der Waals surface area contributed by atoms with Gasteiger partial charge in [0, 0.05) is 25.4 Å². The maximum Gasteiger partial charge on any atom is 0.242 e. The van der Waals surface area contributed by atoms with Crippen molar-refractivity contribution in [2.75, 3.05) is 13.1 Å². The lowest BCUT2D eigenvalue weighted by Gasteiger charge is -2.28. The van der Waals surface area contributed by atoms with Crippen LogP contribution in [0.2, 0.25) is 0 Å². The van der Waals surface area contributed by atoms with Gasteiger partial charge in [0.25, 0.3) is 0 Å². The third-order valence-electron chi connectivity index (χ3n) is 5.66. The third kappa shape index (κ3) is 3.61. The summed E-state index contributed by atoms with van der Waals surface area (Å²) in [6.07, 6.45) is 1.71. The van der Waals surface area contributed by atoms with Crippen LogP contribution >= 0.6 is 0 Å². The van der Waals surface area contributed by atoms with Crippen molar-refractivity contribution in [3.8, 4) is 0 Å². The van der Waals surface area contributed by atoms with E-state index in [1.807, 2.05) is 12.1 Å². The molecule has 1 aromatic carbocycles. The summed E-state index contributed by atoms with van der Waals surface area (Å²) in [7, 11) is 0. The minimum atomic E-state index is -2.30. The van der Waals surface area contributed by atoms with E-state index in [4.69, 9.17) is 0 Å². The van der Waals surface area contributed by atoms with E-state index in [1.165, 1.54) is 11.1 Å². The van der Waals surface area contributed by atoms with Gasteiger partial charge >= 0.3 is 0 Å². The molecule has 3 rings (SSSR count). The van der Waals surface area contributed by atoms with Crippen LogP contribution in [0.3, 0.4) is 0 Å². The van der Waals surface area contributed by atoms with Gasteiger partial charge in [0.05, 0.1) is 0 Å². The highest BCUT2D eigenvalue weighted by molar-refractivity contribution is 5.60. The van der Waals surface area contributed by atoms with Crippen molar-refractivity contribution in [3.63, 3.8) is 0 Å². The van der Waals surface area contributed by atoms with Gasteiger partial charge in [-0.3, -0.25) is 0 Å². The molecule has 1 N–H and O–H groups in total. The Morgan fingerprint density at radius 2 is 2.12 bits per heavy atom. The van der Waals surface area contributed by atoms with Crippen LogP contribution in [0.4, 0.5) is 8.78 Å². The van der Waals surface area contributed by atoms with Crippen LogP contribution in [0.5, 0.6) is 0 Å². The molecule has 2 atom stereocenters. The maximum absolute atomic E-state index is 13.1. The topological polar surface area (TPSA) is 12.0 Å². The highest BCUT2D eigenvalue weighted by Gasteiger charge is 2.29. The largest absolute Gasteiger partial charge is 0.315 e. The van der Waals surface area contributed by atoms with E-state index in [9.17, 15) is 8.78 Å². The first-order valence-corrected chi connectivity index (χ1v) is 8.92. The average molecular weight is 331 g/mol. The summed E-state index contributed by atoms with van der Waals surface area (Å²) in [5.74, 6) is 1.37. The predicted molar refractivity (Wildman–Crippen MR) is 96.4 cm³/mol. The zero-order chi connectivity index (χ0) is 17.3. The fourth-order valence-electron chi connectivity index (χ4n) is 3.99. The third-order valence-corrected chi connectivity index (χ3v) is 5.66. The standard InChI is InChI=1S/C21H27F2N/c1-13-7-18(8-14(13)2)21-16(9-15(3)19-11-24-12-19)5-4-6-17(21)10-20(22)23/h4-6,9,14,18-20,24H,1,7-8,10-12H2,2-3H3/b15-9+. The van der Waals surface area contributed by atoms with Crippen LogP contribution in [-0.4, -0.2) is 19.5 Å². The monoisotopic (exact) mass is 331 g/mol. The summed E-state index contributed by atoms with van der Waals surface area (Å²) in [6.45, 7) is 10.6. The van der Waals surface area contributed by atoms with E-state index in [0.29, 0.717) is 17.8 Å². The Morgan fingerprint density at radius 1 is 1.38 bits per heavy atom. The zero-order valence-corrected chi connectivity index (χ0v) is 14.6. The summed E-state index contributed by atoms with van der Waals surface area (Å²) in [4.78, 5) is 0. The second-order valence-electron chi connectivity index (χ2n) is 7.45. The minimum absolute atomic E-state index is 0.154. The van der Waals surface area contributed by atoms with Crippen molar-refractivity contribution in [3.05, 3.63) is 52.6 Å². The SMILES string of the molecule is C=C1CC(c2c(/C=C(\C)C3CNC3)cccc2CC(F)F)CC1C. The molecular formula is C21H27F2N. The smallest absolute Gasteiger partial charge is 0.242 e. The normalized spacial score (nSPS) is 25.4. The molecule has 1 nitrogen and oxygen atoms in total. The van der Waals surface area contributed by atoms with Gasteiger partial charge in [0.15, 0.2) is 0 Å². The van der Waals surface area contributed by atoms with Gasteiger partial charge in [-0.2, -0.15) is 0 Å². The molecule has 130 valence electrons. The van der Waals surface area contributed by atoms with Gasteiger partial charge in [-0.05, 0) is 48.3 Å². The molecule has 0 spiro atoms. The number of nitrogens with one attached hydrogen (secondary N) is 1. The van der Waals surface area contributed by atoms with E-state index in [2.05, 4.69) is 37.9 Å². The number of alkyl halides is 2. The molecule has 2 aliphatic rings. The van der Waals surface area contributed by atoms with E-state index < -0.39 is 6.43 Å². The molecule has 1 aromatic rings. The van der Waals surface area contributed by atoms with Gasteiger partial charge in [-0.15, -0.1) is 0 Å². The van der Waals surface area contributed by atoms with E-state index >= 15 is 0 Å². The first kappa shape index (κ1) is 17.3. The lowest BCUT2D eigenvalue weighted by Crippen LogP contribution is -2.42. The highest BCUT2D eigenvalue weighted by Crippen LogP contribution is 2.44. The molecule has 2 fully saturated rings. The number of hydrogen-bond acceptors (Lipinski definition) is 1. The molecule has 1 aliphatic carbocycles. The van der Waals surface area contributed by atoms with Crippen molar-refractivity contribution in [1.29, 1.82) is 0 Å². The summed E-state index contributed by atoms with van der Waals surface area (Å²) in [6, 6.07) is 5.89. The fourth-order valence-corrected chi connectivity index (χ4v) is 3.99. The van der Waals surface area contributed by atoms with E-state index in [0.717, 1.165) is 42.6 Å². The number of hydrogen-bond donors (Lipinski definition) is 1. The maximum atomic E-state index is 13.1. The first-order valence-electron chi connectivity index (χ1n) is 8.92. The Morgan fingerprint density at radius 3 is 2.67 bits per heavy atom. The van der Waals surface area contributed by atoms with Gasteiger partial charge in [0.1, 0.15) is 0 Å². The molecule has 0 amide bonds. The van der Waals surface area contributed by atoms with Gasteiger partial charge in [-0.25, -0.2) is 8.78 Å². The van der Waals surface area contributed by atoms with Crippen molar-refractivity contribution < 1.29 is 8.78 Å². The zero-order valence-electron chi connectivity index (χ0n) is 14.6. The van der Waals surface area contributed by atoms with Gasteiger partial charge < -0.3 is 5.32 Å². The van der Waals surface area contributed by atoms with Crippen LogP contribution in [-0.2, 0) is 6.42 Å². The van der Waals surface area contributed by atoms with Crippen LogP contribution < -0.4 is 5.32 Å². The lowest BCUT2D eigenvalue weighted by molar-refractivity contribution is 0.148. The summed E-state index contributed by atoms with van der Waals surface area (Å²) < 4.78 is 26.2. The minimum Gasteiger partial charge on any atom is -0.315 e. The number of halogens is 2. The molecule has 2 unspecified atom stereocenters. The number of allylic oxidation sites excluding steroid dienone is 1. The van der Waals surface area contributed by atoms with E-state index in [-0.39, 0.29) is 6.42 Å². The average Bonchev–Trinajstić information content (AvgIpc) is 2.75. The summed E-state index contributed by atoms with van der Waals surface area (Å²) in [5, 5.41) is 3.30. The van der Waals surface area contributed by atoms with Crippen LogP contribution in [0, 0.1) is 11.8 Å². The van der Waals surface area contributed by atoms with Gasteiger partial charge in [0.2, 0.25) is 6.43 Å².